The largest absolute Gasteiger partial charge is 0.340 e. The number of rotatable bonds is 4. The van der Waals surface area contributed by atoms with Gasteiger partial charge in [0.1, 0.15) is 0 Å². The van der Waals surface area contributed by atoms with Crippen molar-refractivity contribution in [1.29, 1.82) is 0 Å². The number of carbonyl (C=O) groups is 2. The molecule has 0 aliphatic carbocycles. The fourth-order valence-electron chi connectivity index (χ4n) is 10.8. The van der Waals surface area contributed by atoms with Gasteiger partial charge in [0.25, 0.3) is 0 Å². The first-order valence-electron chi connectivity index (χ1n) is 17.6. The maximum Gasteiger partial charge on any atom is 0.236 e. The number of nitrogens with zero attached hydrogens (tertiary/aromatic N) is 4. The van der Waals surface area contributed by atoms with Gasteiger partial charge in [0, 0.05) is 74.0 Å². The second kappa shape index (κ2) is 11.1. The smallest absolute Gasteiger partial charge is 0.236 e. The fourth-order valence-corrected chi connectivity index (χ4v) is 10.8. The van der Waals surface area contributed by atoms with Gasteiger partial charge < -0.3 is 9.80 Å². The lowest BCUT2D eigenvalue weighted by molar-refractivity contribution is -0.149. The SMILES string of the molecule is O=C1CN2CC3(c4ccccc4)CN(CC(=O)N4CC5(c6ccccc6)CN1CC(c1ccccc1)(C4)C5)CC(c1ccccc1)(C2)C3. The average Bonchev–Trinajstić information content (AvgIpc) is 3.12. The molecule has 8 fully saturated rings. The van der Waals surface area contributed by atoms with Crippen LogP contribution in [0.1, 0.15) is 35.1 Å². The Morgan fingerprint density at radius 1 is 0.354 bits per heavy atom. The summed E-state index contributed by atoms with van der Waals surface area (Å²) >= 11 is 0. The van der Waals surface area contributed by atoms with Crippen molar-refractivity contribution < 1.29 is 9.59 Å². The maximum atomic E-state index is 14.9. The predicted molar refractivity (Wildman–Crippen MR) is 188 cm³/mol. The van der Waals surface area contributed by atoms with Crippen LogP contribution in [0.15, 0.2) is 121 Å². The van der Waals surface area contributed by atoms with Crippen LogP contribution in [-0.4, -0.2) is 96.9 Å². The van der Waals surface area contributed by atoms with Gasteiger partial charge in [-0.2, -0.15) is 0 Å². The minimum atomic E-state index is -0.346. The molecule has 6 heteroatoms. The Morgan fingerprint density at radius 2 is 0.604 bits per heavy atom. The van der Waals surface area contributed by atoms with Gasteiger partial charge in [0.15, 0.2) is 0 Å². The molecule has 4 aromatic carbocycles. The summed E-state index contributed by atoms with van der Waals surface area (Å²) in [6.07, 6.45) is 1.92. The fraction of sp³-hybridized carbons (Fsp3) is 0.381. The number of piperidine rings is 4. The van der Waals surface area contributed by atoms with Gasteiger partial charge in [-0.15, -0.1) is 0 Å². The summed E-state index contributed by atoms with van der Waals surface area (Å²) in [5.41, 5.74) is 3.97. The molecule has 8 saturated heterocycles. The van der Waals surface area contributed by atoms with E-state index in [1.807, 2.05) is 0 Å². The van der Waals surface area contributed by atoms with Crippen molar-refractivity contribution in [3.05, 3.63) is 144 Å². The van der Waals surface area contributed by atoms with E-state index in [0.717, 1.165) is 39.0 Å². The van der Waals surface area contributed by atoms with Crippen molar-refractivity contribution in [1.82, 2.24) is 19.6 Å². The molecular weight excluding hydrogens is 592 g/mol. The summed E-state index contributed by atoms with van der Waals surface area (Å²) in [4.78, 5) is 39.0. The molecule has 244 valence electrons. The first-order valence-corrected chi connectivity index (χ1v) is 17.6. The van der Waals surface area contributed by atoms with Gasteiger partial charge in [0.2, 0.25) is 11.8 Å². The lowest BCUT2D eigenvalue weighted by atomic mass is 9.58. The van der Waals surface area contributed by atoms with E-state index in [1.54, 1.807) is 0 Å². The summed E-state index contributed by atoms with van der Waals surface area (Å²) in [6.45, 7) is 6.50. The highest BCUT2D eigenvalue weighted by Crippen LogP contribution is 2.51. The molecule has 0 saturated carbocycles. The number of hydrogen-bond donors (Lipinski definition) is 0. The van der Waals surface area contributed by atoms with E-state index in [2.05, 4.69) is 141 Å². The molecule has 0 aromatic heterocycles. The molecule has 2 amide bonds. The summed E-state index contributed by atoms with van der Waals surface area (Å²) < 4.78 is 0. The number of hydrogen-bond acceptors (Lipinski definition) is 4. The first kappa shape index (κ1) is 29.8. The van der Waals surface area contributed by atoms with Gasteiger partial charge in [-0.25, -0.2) is 0 Å². The van der Waals surface area contributed by atoms with E-state index >= 15 is 0 Å². The zero-order chi connectivity index (χ0) is 32.4. The van der Waals surface area contributed by atoms with E-state index in [4.69, 9.17) is 0 Å². The molecule has 0 radical (unpaired) electrons. The van der Waals surface area contributed by atoms with E-state index in [-0.39, 0.29) is 33.5 Å². The van der Waals surface area contributed by atoms with Crippen LogP contribution in [0.5, 0.6) is 0 Å². The zero-order valence-electron chi connectivity index (χ0n) is 27.6. The van der Waals surface area contributed by atoms with E-state index in [9.17, 15) is 9.59 Å². The number of benzene rings is 4. The van der Waals surface area contributed by atoms with Crippen LogP contribution in [0.3, 0.4) is 0 Å². The molecule has 12 rings (SSSR count). The van der Waals surface area contributed by atoms with Gasteiger partial charge in [-0.05, 0) is 35.1 Å². The van der Waals surface area contributed by atoms with Gasteiger partial charge in [-0.3, -0.25) is 19.4 Å². The quantitative estimate of drug-likeness (QED) is 0.322. The van der Waals surface area contributed by atoms with E-state index < -0.39 is 0 Å². The standard InChI is InChI=1S/C42H44N4O2/c47-37-21-43-25-39(33-13-5-1-6-14-33)23-40(27-43,34-15-7-2-8-16-34)28-44(26-39)22-38(48)46-30-41(35-17-9-3-10-18-35)24-42(32-46,31-45(37)29-41)36-19-11-4-12-20-36/h1-20H,21-32H2. The summed E-state index contributed by atoms with van der Waals surface area (Å²) in [7, 11) is 0. The Kier molecular flexibility index (Phi) is 6.93. The van der Waals surface area contributed by atoms with Crippen LogP contribution in [-0.2, 0) is 31.2 Å². The molecule has 0 unspecified atom stereocenters. The van der Waals surface area contributed by atoms with Crippen LogP contribution in [0, 0.1) is 0 Å². The van der Waals surface area contributed by atoms with Crippen LogP contribution in [0.2, 0.25) is 0 Å². The monoisotopic (exact) mass is 636 g/mol. The van der Waals surface area contributed by atoms with Gasteiger partial charge in [-0.1, -0.05) is 121 Å². The van der Waals surface area contributed by atoms with Gasteiger partial charge in [0.05, 0.1) is 13.1 Å². The minimum Gasteiger partial charge on any atom is -0.340 e. The maximum absolute atomic E-state index is 14.9. The van der Waals surface area contributed by atoms with E-state index in [1.165, 1.54) is 22.3 Å². The third-order valence-corrected chi connectivity index (χ3v) is 12.4. The van der Waals surface area contributed by atoms with Crippen molar-refractivity contribution in [2.45, 2.75) is 34.5 Å². The number of amides is 2. The minimum absolute atomic E-state index is 0.198. The van der Waals surface area contributed by atoms with Crippen LogP contribution >= 0.6 is 0 Å². The van der Waals surface area contributed by atoms with Crippen LogP contribution < -0.4 is 0 Å². The average molecular weight is 637 g/mol. The zero-order valence-corrected chi connectivity index (χ0v) is 27.6. The molecule has 48 heavy (non-hydrogen) atoms. The highest BCUT2D eigenvalue weighted by atomic mass is 16.2. The Hall–Kier alpha value is -4.26. The van der Waals surface area contributed by atoms with Crippen molar-refractivity contribution >= 4 is 11.8 Å². The normalized spacial score (nSPS) is 34.4. The van der Waals surface area contributed by atoms with E-state index in [0.29, 0.717) is 39.3 Å². The third kappa shape index (κ3) is 4.83. The summed E-state index contributed by atoms with van der Waals surface area (Å²) in [5.74, 6) is 0.408. The Labute approximate surface area is 284 Å². The first-order chi connectivity index (χ1) is 23.4. The molecule has 8 aliphatic rings. The van der Waals surface area contributed by atoms with Crippen molar-refractivity contribution in [3.63, 3.8) is 0 Å². The van der Waals surface area contributed by atoms with Crippen molar-refractivity contribution in [2.75, 3.05) is 65.4 Å². The van der Waals surface area contributed by atoms with Crippen molar-refractivity contribution in [3.8, 4) is 0 Å². The Morgan fingerprint density at radius 3 is 0.875 bits per heavy atom. The number of carbonyl (C=O) groups excluding carboxylic acids is 2. The van der Waals surface area contributed by atoms with Crippen molar-refractivity contribution in [2.24, 2.45) is 0 Å². The third-order valence-electron chi connectivity index (χ3n) is 12.4. The Bertz CT molecular complexity index is 1650. The predicted octanol–water partition coefficient (Wildman–Crippen LogP) is 4.85. The molecule has 8 bridgehead atoms. The van der Waals surface area contributed by atoms with Gasteiger partial charge >= 0.3 is 0 Å². The Balaban J connectivity index is 1.19. The highest BCUT2D eigenvalue weighted by Gasteiger charge is 2.59. The second-order valence-corrected chi connectivity index (χ2v) is 15.7. The highest BCUT2D eigenvalue weighted by molar-refractivity contribution is 5.81. The van der Waals surface area contributed by atoms with Crippen LogP contribution in [0.25, 0.3) is 0 Å². The molecule has 8 aliphatic heterocycles. The molecule has 0 N–H and O–H groups in total. The molecule has 6 nitrogen and oxygen atoms in total. The lowest BCUT2D eigenvalue weighted by Gasteiger charge is -2.62. The summed E-state index contributed by atoms with van der Waals surface area (Å²) in [5, 5.41) is 0. The second-order valence-electron chi connectivity index (χ2n) is 15.7. The molecule has 0 atom stereocenters. The topological polar surface area (TPSA) is 47.1 Å². The molecule has 0 spiro atoms. The summed E-state index contributed by atoms with van der Waals surface area (Å²) in [6, 6.07) is 43.2. The lowest BCUT2D eigenvalue weighted by Crippen LogP contribution is -2.72. The molecule has 4 aromatic rings. The van der Waals surface area contributed by atoms with Crippen LogP contribution in [0.4, 0.5) is 0 Å². The molecule has 8 heterocycles. The molecular formula is C42H44N4O2.